The molecule has 0 amide bonds. The highest BCUT2D eigenvalue weighted by molar-refractivity contribution is 6.74. The number of rotatable bonds is 5. The predicted molar refractivity (Wildman–Crippen MR) is 83.8 cm³/mol. The highest BCUT2D eigenvalue weighted by Gasteiger charge is 2.40. The molecule has 106 valence electrons. The first kappa shape index (κ1) is 14.8. The van der Waals surface area contributed by atoms with Crippen molar-refractivity contribution in [3.8, 4) is 0 Å². The zero-order valence-electron chi connectivity index (χ0n) is 12.9. The van der Waals surface area contributed by atoms with Crippen molar-refractivity contribution in [3.05, 3.63) is 35.9 Å². The van der Waals surface area contributed by atoms with Crippen LogP contribution < -0.4 is 0 Å². The molecule has 2 atom stereocenters. The van der Waals surface area contributed by atoms with E-state index in [4.69, 9.17) is 4.43 Å². The first-order chi connectivity index (χ1) is 8.79. The van der Waals surface area contributed by atoms with Gasteiger partial charge in [0.1, 0.15) is 0 Å². The largest absolute Gasteiger partial charge is 0.415 e. The summed E-state index contributed by atoms with van der Waals surface area (Å²) in [6, 6.07) is 11.3. The maximum Gasteiger partial charge on any atom is 0.192 e. The monoisotopic (exact) mass is 277 g/mol. The molecule has 2 nitrogen and oxygen atoms in total. The van der Waals surface area contributed by atoms with Crippen LogP contribution in [0.3, 0.4) is 0 Å². The standard InChI is InChI=1S/C16H27NOSi/c1-16(2,3)19(4,5)18-13-15-12-17(15)11-14-9-7-6-8-10-14/h6-10,15H,11-13H2,1-5H3/t15-,17?/m0/s1. The van der Waals surface area contributed by atoms with Gasteiger partial charge in [-0.05, 0) is 23.7 Å². The molecule has 1 fully saturated rings. The minimum atomic E-state index is -1.58. The Hall–Kier alpha value is -0.643. The molecular weight excluding hydrogens is 250 g/mol. The summed E-state index contributed by atoms with van der Waals surface area (Å²) in [5.41, 5.74) is 1.40. The minimum absolute atomic E-state index is 0.312. The van der Waals surface area contributed by atoms with Crippen molar-refractivity contribution in [2.45, 2.75) is 51.5 Å². The van der Waals surface area contributed by atoms with E-state index in [0.29, 0.717) is 11.1 Å². The zero-order chi connectivity index (χ0) is 14.1. The maximum atomic E-state index is 6.28. The van der Waals surface area contributed by atoms with Crippen molar-refractivity contribution >= 4 is 8.32 Å². The molecule has 0 bridgehead atoms. The van der Waals surface area contributed by atoms with Crippen molar-refractivity contribution in [1.29, 1.82) is 0 Å². The minimum Gasteiger partial charge on any atom is -0.415 e. The molecular formula is C16H27NOSi. The summed E-state index contributed by atoms with van der Waals surface area (Å²) in [7, 11) is -1.58. The van der Waals surface area contributed by atoms with Gasteiger partial charge in [0.05, 0.1) is 6.61 Å². The van der Waals surface area contributed by atoms with Crippen LogP contribution >= 0.6 is 0 Å². The molecule has 1 aromatic rings. The number of benzene rings is 1. The Balaban J connectivity index is 1.76. The van der Waals surface area contributed by atoms with E-state index in [2.05, 4.69) is 69.1 Å². The second-order valence-electron chi connectivity index (χ2n) is 7.14. The van der Waals surface area contributed by atoms with Crippen LogP contribution in [-0.4, -0.2) is 32.4 Å². The van der Waals surface area contributed by atoms with Crippen molar-refractivity contribution in [1.82, 2.24) is 4.90 Å². The smallest absolute Gasteiger partial charge is 0.192 e. The van der Waals surface area contributed by atoms with Crippen LogP contribution in [-0.2, 0) is 11.0 Å². The van der Waals surface area contributed by atoms with Crippen molar-refractivity contribution in [2.75, 3.05) is 13.2 Å². The summed E-state index contributed by atoms with van der Waals surface area (Å²) in [5, 5.41) is 0.312. The third kappa shape index (κ3) is 3.91. The van der Waals surface area contributed by atoms with Crippen molar-refractivity contribution in [3.63, 3.8) is 0 Å². The second kappa shape index (κ2) is 5.39. The molecule has 0 radical (unpaired) electrons. The first-order valence-electron chi connectivity index (χ1n) is 7.21. The average molecular weight is 277 g/mol. The van der Waals surface area contributed by atoms with Gasteiger partial charge in [-0.25, -0.2) is 0 Å². The van der Waals surface area contributed by atoms with E-state index in [0.717, 1.165) is 13.2 Å². The van der Waals surface area contributed by atoms with Gasteiger partial charge in [-0.1, -0.05) is 51.1 Å². The Bertz CT molecular complexity index is 411. The molecule has 19 heavy (non-hydrogen) atoms. The molecule has 1 saturated heterocycles. The fraction of sp³-hybridized carbons (Fsp3) is 0.625. The van der Waals surface area contributed by atoms with Gasteiger partial charge < -0.3 is 4.43 Å². The molecule has 0 saturated carbocycles. The van der Waals surface area contributed by atoms with Crippen LogP contribution in [0.25, 0.3) is 0 Å². The van der Waals surface area contributed by atoms with Crippen LogP contribution in [0.2, 0.25) is 18.1 Å². The van der Waals surface area contributed by atoms with Gasteiger partial charge in [0, 0.05) is 19.1 Å². The van der Waals surface area contributed by atoms with Gasteiger partial charge in [-0.15, -0.1) is 0 Å². The Kier molecular flexibility index (Phi) is 4.19. The Morgan fingerprint density at radius 1 is 1.21 bits per heavy atom. The SMILES string of the molecule is CC(C)(C)[Si](C)(C)OC[C@@H]1CN1Cc1ccccc1. The molecule has 1 aliphatic heterocycles. The van der Waals surface area contributed by atoms with E-state index in [1.54, 1.807) is 0 Å². The highest BCUT2D eigenvalue weighted by Crippen LogP contribution is 2.37. The number of nitrogens with zero attached hydrogens (tertiary/aromatic N) is 1. The lowest BCUT2D eigenvalue weighted by Crippen LogP contribution is -2.41. The van der Waals surface area contributed by atoms with Gasteiger partial charge in [0.2, 0.25) is 0 Å². The summed E-state index contributed by atoms with van der Waals surface area (Å²) in [6.07, 6.45) is 0. The van der Waals surface area contributed by atoms with Crippen LogP contribution in [0.1, 0.15) is 26.3 Å². The molecule has 1 heterocycles. The van der Waals surface area contributed by atoms with E-state index in [1.165, 1.54) is 12.1 Å². The molecule has 1 unspecified atom stereocenters. The van der Waals surface area contributed by atoms with Crippen LogP contribution in [0.4, 0.5) is 0 Å². The predicted octanol–water partition coefficient (Wildman–Crippen LogP) is 3.89. The van der Waals surface area contributed by atoms with Gasteiger partial charge in [0.15, 0.2) is 8.32 Å². The lowest BCUT2D eigenvalue weighted by molar-refractivity contribution is 0.268. The summed E-state index contributed by atoms with van der Waals surface area (Å²) < 4.78 is 6.28. The van der Waals surface area contributed by atoms with Crippen LogP contribution in [0.5, 0.6) is 0 Å². The Morgan fingerprint density at radius 2 is 1.84 bits per heavy atom. The summed E-state index contributed by atoms with van der Waals surface area (Å²) in [6.45, 7) is 14.7. The lowest BCUT2D eigenvalue weighted by atomic mass is 10.2. The number of hydrogen-bond donors (Lipinski definition) is 0. The van der Waals surface area contributed by atoms with Crippen molar-refractivity contribution < 1.29 is 4.43 Å². The summed E-state index contributed by atoms with van der Waals surface area (Å²) >= 11 is 0. The fourth-order valence-corrected chi connectivity index (χ4v) is 2.96. The number of hydrogen-bond acceptors (Lipinski definition) is 2. The third-order valence-corrected chi connectivity index (χ3v) is 9.00. The van der Waals surface area contributed by atoms with Gasteiger partial charge in [-0.2, -0.15) is 0 Å². The average Bonchev–Trinajstić information content (AvgIpc) is 3.05. The molecule has 2 rings (SSSR count). The van der Waals surface area contributed by atoms with E-state index >= 15 is 0 Å². The normalized spacial score (nSPS) is 23.4. The Morgan fingerprint density at radius 3 is 2.42 bits per heavy atom. The van der Waals surface area contributed by atoms with Crippen molar-refractivity contribution in [2.24, 2.45) is 0 Å². The quantitative estimate of drug-likeness (QED) is 0.598. The molecule has 0 aliphatic carbocycles. The van der Waals surface area contributed by atoms with Crippen LogP contribution in [0.15, 0.2) is 30.3 Å². The summed E-state index contributed by atoms with van der Waals surface area (Å²) in [4.78, 5) is 2.49. The second-order valence-corrected chi connectivity index (χ2v) is 11.9. The van der Waals surface area contributed by atoms with Gasteiger partial charge in [-0.3, -0.25) is 4.90 Å². The molecule has 0 N–H and O–H groups in total. The van der Waals surface area contributed by atoms with Crippen LogP contribution in [0, 0.1) is 0 Å². The molecule has 0 aromatic heterocycles. The molecule has 0 spiro atoms. The van der Waals surface area contributed by atoms with E-state index in [9.17, 15) is 0 Å². The topological polar surface area (TPSA) is 12.2 Å². The van der Waals surface area contributed by atoms with E-state index < -0.39 is 8.32 Å². The van der Waals surface area contributed by atoms with Gasteiger partial charge >= 0.3 is 0 Å². The third-order valence-electron chi connectivity index (χ3n) is 4.50. The maximum absolute atomic E-state index is 6.28. The van der Waals surface area contributed by atoms with Gasteiger partial charge in [0.25, 0.3) is 0 Å². The highest BCUT2D eigenvalue weighted by atomic mass is 28.4. The Labute approximate surface area is 118 Å². The first-order valence-corrected chi connectivity index (χ1v) is 10.1. The fourth-order valence-electron chi connectivity index (χ4n) is 1.91. The van der Waals surface area contributed by atoms with E-state index in [1.807, 2.05) is 0 Å². The molecule has 3 heteroatoms. The lowest BCUT2D eigenvalue weighted by Gasteiger charge is -2.36. The molecule has 1 aliphatic rings. The van der Waals surface area contributed by atoms with E-state index in [-0.39, 0.29) is 0 Å². The zero-order valence-corrected chi connectivity index (χ0v) is 13.9. The molecule has 1 aromatic carbocycles. The summed E-state index contributed by atoms with van der Waals surface area (Å²) in [5.74, 6) is 0.